The summed E-state index contributed by atoms with van der Waals surface area (Å²) in [6, 6.07) is 3.15. The SMILES string of the molecule is COc1cc(NC(=O)C2(C(=O)NCC3CCCO3)CC2)c(OC)cc1Cl. The number of carbonyl (C=O) groups excluding carboxylic acids is 2. The van der Waals surface area contributed by atoms with E-state index in [0.29, 0.717) is 41.6 Å². The fraction of sp³-hybridized carbons (Fsp3) is 0.556. The molecule has 1 aromatic carbocycles. The molecule has 2 aliphatic rings. The molecular weight excluding hydrogens is 360 g/mol. The maximum absolute atomic E-state index is 12.8. The highest BCUT2D eigenvalue weighted by atomic mass is 35.5. The lowest BCUT2D eigenvalue weighted by atomic mass is 10.0. The van der Waals surface area contributed by atoms with Gasteiger partial charge in [-0.25, -0.2) is 0 Å². The zero-order valence-corrected chi connectivity index (χ0v) is 15.6. The van der Waals surface area contributed by atoms with Crippen molar-refractivity contribution in [3.63, 3.8) is 0 Å². The molecule has 1 unspecified atom stereocenters. The van der Waals surface area contributed by atoms with E-state index in [9.17, 15) is 9.59 Å². The van der Waals surface area contributed by atoms with E-state index in [1.807, 2.05) is 0 Å². The van der Waals surface area contributed by atoms with Crippen molar-refractivity contribution in [3.05, 3.63) is 17.2 Å². The number of anilines is 1. The molecular formula is C18H23ClN2O5. The third kappa shape index (κ3) is 3.73. The molecule has 0 spiro atoms. The highest BCUT2D eigenvalue weighted by Crippen LogP contribution is 2.47. The monoisotopic (exact) mass is 382 g/mol. The van der Waals surface area contributed by atoms with Crippen LogP contribution in [0.25, 0.3) is 0 Å². The van der Waals surface area contributed by atoms with Gasteiger partial charge in [0.25, 0.3) is 0 Å². The molecule has 1 aliphatic heterocycles. The summed E-state index contributed by atoms with van der Waals surface area (Å²) in [5.74, 6) is 0.200. The Kier molecular flexibility index (Phi) is 5.58. The van der Waals surface area contributed by atoms with E-state index < -0.39 is 5.41 Å². The van der Waals surface area contributed by atoms with Gasteiger partial charge in [0.2, 0.25) is 11.8 Å². The Morgan fingerprint density at radius 3 is 2.54 bits per heavy atom. The van der Waals surface area contributed by atoms with Gasteiger partial charge in [-0.05, 0) is 25.7 Å². The predicted octanol–water partition coefficient (Wildman–Crippen LogP) is 2.37. The van der Waals surface area contributed by atoms with Crippen LogP contribution in [0.15, 0.2) is 12.1 Å². The molecule has 142 valence electrons. The highest BCUT2D eigenvalue weighted by molar-refractivity contribution is 6.32. The third-order valence-corrected chi connectivity index (χ3v) is 5.15. The van der Waals surface area contributed by atoms with Crippen LogP contribution >= 0.6 is 11.6 Å². The number of nitrogens with one attached hydrogen (secondary N) is 2. The summed E-state index contributed by atoms with van der Waals surface area (Å²) in [5, 5.41) is 6.01. The second kappa shape index (κ2) is 7.72. The first-order valence-corrected chi connectivity index (χ1v) is 9.01. The van der Waals surface area contributed by atoms with E-state index >= 15 is 0 Å². The molecule has 1 saturated heterocycles. The van der Waals surface area contributed by atoms with Crippen molar-refractivity contribution in [3.8, 4) is 11.5 Å². The van der Waals surface area contributed by atoms with Crippen LogP contribution in [0, 0.1) is 5.41 Å². The van der Waals surface area contributed by atoms with Crippen molar-refractivity contribution in [2.45, 2.75) is 31.8 Å². The van der Waals surface area contributed by atoms with Crippen molar-refractivity contribution in [1.29, 1.82) is 0 Å². The number of rotatable bonds is 7. The van der Waals surface area contributed by atoms with Crippen molar-refractivity contribution in [2.24, 2.45) is 5.41 Å². The van der Waals surface area contributed by atoms with Gasteiger partial charge >= 0.3 is 0 Å². The van der Waals surface area contributed by atoms with Crippen LogP contribution in [-0.2, 0) is 14.3 Å². The first-order valence-electron chi connectivity index (χ1n) is 8.63. The minimum atomic E-state index is -1.03. The number of hydrogen-bond donors (Lipinski definition) is 2. The number of carbonyl (C=O) groups is 2. The quantitative estimate of drug-likeness (QED) is 0.707. The molecule has 7 nitrogen and oxygen atoms in total. The van der Waals surface area contributed by atoms with E-state index in [4.69, 9.17) is 25.8 Å². The van der Waals surface area contributed by atoms with Gasteiger partial charge in [-0.3, -0.25) is 9.59 Å². The first kappa shape index (κ1) is 18.8. The molecule has 1 heterocycles. The fourth-order valence-corrected chi connectivity index (χ4v) is 3.29. The topological polar surface area (TPSA) is 85.9 Å². The van der Waals surface area contributed by atoms with E-state index in [0.717, 1.165) is 19.4 Å². The van der Waals surface area contributed by atoms with Gasteiger partial charge in [-0.1, -0.05) is 11.6 Å². The first-order chi connectivity index (χ1) is 12.5. The molecule has 1 aliphatic carbocycles. The van der Waals surface area contributed by atoms with Gasteiger partial charge in [0, 0.05) is 25.3 Å². The largest absolute Gasteiger partial charge is 0.495 e. The van der Waals surface area contributed by atoms with Crippen LogP contribution in [0.1, 0.15) is 25.7 Å². The van der Waals surface area contributed by atoms with Crippen LogP contribution < -0.4 is 20.1 Å². The van der Waals surface area contributed by atoms with Gasteiger partial charge in [-0.15, -0.1) is 0 Å². The summed E-state index contributed by atoms with van der Waals surface area (Å²) in [5.41, 5.74) is -0.617. The third-order valence-electron chi connectivity index (χ3n) is 4.86. The Labute approximate surface area is 157 Å². The number of benzene rings is 1. The number of halogens is 1. The number of hydrogen-bond acceptors (Lipinski definition) is 5. The number of amides is 2. The molecule has 0 radical (unpaired) electrons. The minimum Gasteiger partial charge on any atom is -0.495 e. The second-order valence-corrected chi connectivity index (χ2v) is 6.98. The van der Waals surface area contributed by atoms with Gasteiger partial charge < -0.3 is 24.8 Å². The smallest absolute Gasteiger partial charge is 0.240 e. The summed E-state index contributed by atoms with van der Waals surface area (Å²) in [6.45, 7) is 1.16. The summed E-state index contributed by atoms with van der Waals surface area (Å²) >= 11 is 6.08. The van der Waals surface area contributed by atoms with Gasteiger partial charge in [0.15, 0.2) is 0 Å². The zero-order valence-electron chi connectivity index (χ0n) is 14.9. The lowest BCUT2D eigenvalue weighted by Gasteiger charge is -2.19. The average molecular weight is 383 g/mol. The lowest BCUT2D eigenvalue weighted by molar-refractivity contribution is -0.134. The second-order valence-electron chi connectivity index (χ2n) is 6.57. The highest BCUT2D eigenvalue weighted by Gasteiger charge is 2.56. The zero-order chi connectivity index (χ0) is 18.7. The van der Waals surface area contributed by atoms with Crippen molar-refractivity contribution >= 4 is 29.1 Å². The summed E-state index contributed by atoms with van der Waals surface area (Å²) in [6.07, 6.45) is 3.01. The van der Waals surface area contributed by atoms with Crippen LogP contribution in [0.2, 0.25) is 5.02 Å². The van der Waals surface area contributed by atoms with Crippen LogP contribution in [-0.4, -0.2) is 45.3 Å². The summed E-state index contributed by atoms with van der Waals surface area (Å²) in [4.78, 5) is 25.3. The fourth-order valence-electron chi connectivity index (χ4n) is 3.06. The van der Waals surface area contributed by atoms with Crippen molar-refractivity contribution in [2.75, 3.05) is 32.7 Å². The summed E-state index contributed by atoms with van der Waals surface area (Å²) < 4.78 is 15.9. The van der Waals surface area contributed by atoms with E-state index in [1.165, 1.54) is 14.2 Å². The maximum Gasteiger partial charge on any atom is 0.240 e. The van der Waals surface area contributed by atoms with Crippen LogP contribution in [0.3, 0.4) is 0 Å². The van der Waals surface area contributed by atoms with Gasteiger partial charge in [-0.2, -0.15) is 0 Å². The molecule has 1 saturated carbocycles. The van der Waals surface area contributed by atoms with Gasteiger partial charge in [0.05, 0.1) is 31.0 Å². The minimum absolute atomic E-state index is 0.0402. The Hall–Kier alpha value is -1.99. The summed E-state index contributed by atoms with van der Waals surface area (Å²) in [7, 11) is 2.97. The lowest BCUT2D eigenvalue weighted by Crippen LogP contribution is -2.42. The molecule has 1 aromatic rings. The Morgan fingerprint density at radius 1 is 1.23 bits per heavy atom. The maximum atomic E-state index is 12.8. The number of ether oxygens (including phenoxy) is 3. The van der Waals surface area contributed by atoms with Crippen LogP contribution in [0.4, 0.5) is 5.69 Å². The predicted molar refractivity (Wildman–Crippen MR) is 96.8 cm³/mol. The molecule has 3 rings (SSSR count). The molecule has 2 amide bonds. The van der Waals surface area contributed by atoms with E-state index in [2.05, 4.69) is 10.6 Å². The van der Waals surface area contributed by atoms with Gasteiger partial charge in [0.1, 0.15) is 16.9 Å². The molecule has 2 fully saturated rings. The van der Waals surface area contributed by atoms with Crippen molar-refractivity contribution in [1.82, 2.24) is 5.32 Å². The van der Waals surface area contributed by atoms with E-state index in [-0.39, 0.29) is 17.9 Å². The standard InChI is InChI=1S/C18H23ClN2O5/c1-24-14-9-13(15(25-2)8-12(14)19)21-17(23)18(5-6-18)16(22)20-10-11-4-3-7-26-11/h8-9,11H,3-7,10H2,1-2H3,(H,20,22)(H,21,23). The number of methoxy groups -OCH3 is 2. The normalized spacial score (nSPS) is 20.3. The molecule has 0 bridgehead atoms. The molecule has 26 heavy (non-hydrogen) atoms. The molecule has 2 N–H and O–H groups in total. The molecule has 0 aromatic heterocycles. The molecule has 8 heteroatoms. The Morgan fingerprint density at radius 2 is 1.96 bits per heavy atom. The van der Waals surface area contributed by atoms with Crippen LogP contribution in [0.5, 0.6) is 11.5 Å². The Bertz CT molecular complexity index is 699. The van der Waals surface area contributed by atoms with E-state index in [1.54, 1.807) is 12.1 Å². The molecule has 1 atom stereocenters. The van der Waals surface area contributed by atoms with Crippen molar-refractivity contribution < 1.29 is 23.8 Å². The Balaban J connectivity index is 1.68. The average Bonchev–Trinajstić information content (AvgIpc) is 3.30.